The van der Waals surface area contributed by atoms with E-state index in [1.54, 1.807) is 12.1 Å². The van der Waals surface area contributed by atoms with Crippen LogP contribution in [0.3, 0.4) is 0 Å². The molecule has 5 nitrogen and oxygen atoms in total. The minimum absolute atomic E-state index is 0.274. The summed E-state index contributed by atoms with van der Waals surface area (Å²) in [5, 5.41) is 0. The van der Waals surface area contributed by atoms with E-state index in [-0.39, 0.29) is 4.90 Å². The van der Waals surface area contributed by atoms with E-state index in [0.717, 1.165) is 25.2 Å². The van der Waals surface area contributed by atoms with Gasteiger partial charge in [-0.05, 0) is 30.5 Å². The molecule has 0 radical (unpaired) electrons. The van der Waals surface area contributed by atoms with Gasteiger partial charge in [0, 0.05) is 32.9 Å². The zero-order valence-electron chi connectivity index (χ0n) is 13.2. The van der Waals surface area contributed by atoms with Crippen LogP contribution in [0.25, 0.3) is 0 Å². The second-order valence-electron chi connectivity index (χ2n) is 5.80. The Morgan fingerprint density at radius 2 is 1.78 bits per heavy atom. The maximum Gasteiger partial charge on any atom is 0.244 e. The Hall–Kier alpha value is -1.92. The van der Waals surface area contributed by atoms with Gasteiger partial charge in [0.1, 0.15) is 10.7 Å². The van der Waals surface area contributed by atoms with E-state index in [2.05, 4.69) is 17.1 Å². The van der Waals surface area contributed by atoms with E-state index in [4.69, 9.17) is 0 Å². The van der Waals surface area contributed by atoms with Gasteiger partial charge in [0.2, 0.25) is 10.0 Å². The Morgan fingerprint density at radius 3 is 2.39 bits per heavy atom. The van der Waals surface area contributed by atoms with E-state index in [9.17, 15) is 8.42 Å². The summed E-state index contributed by atoms with van der Waals surface area (Å²) < 4.78 is 26.5. The van der Waals surface area contributed by atoms with Crippen molar-refractivity contribution in [2.24, 2.45) is 0 Å². The molecular weight excluding hydrogens is 310 g/mol. The van der Waals surface area contributed by atoms with Gasteiger partial charge in [-0.2, -0.15) is 4.31 Å². The summed E-state index contributed by atoms with van der Waals surface area (Å²) in [5.74, 6) is 0.759. The van der Waals surface area contributed by atoms with Crippen molar-refractivity contribution in [2.45, 2.75) is 24.3 Å². The number of hydrogen-bond donors (Lipinski definition) is 0. The first-order chi connectivity index (χ1) is 11.1. The Morgan fingerprint density at radius 1 is 1.09 bits per heavy atom. The molecule has 6 heteroatoms. The summed E-state index contributed by atoms with van der Waals surface area (Å²) in [4.78, 5) is 6.61. The zero-order valence-corrected chi connectivity index (χ0v) is 14.0. The highest BCUT2D eigenvalue weighted by molar-refractivity contribution is 7.89. The highest BCUT2D eigenvalue weighted by Crippen LogP contribution is 2.22. The molecule has 0 atom stereocenters. The lowest BCUT2D eigenvalue weighted by molar-refractivity contribution is 0.477. The van der Waals surface area contributed by atoms with E-state index in [1.165, 1.54) is 16.1 Å². The molecule has 1 aliphatic rings. The molecule has 122 valence electrons. The van der Waals surface area contributed by atoms with Crippen LogP contribution in [0.5, 0.6) is 0 Å². The molecule has 1 aromatic heterocycles. The number of aromatic nitrogens is 1. The van der Waals surface area contributed by atoms with E-state index < -0.39 is 10.0 Å². The number of rotatable bonds is 5. The van der Waals surface area contributed by atoms with Crippen LogP contribution in [0, 0.1) is 0 Å². The summed E-state index contributed by atoms with van der Waals surface area (Å²) in [6.07, 6.45) is 3.33. The third-order valence-corrected chi connectivity index (χ3v) is 5.96. The quantitative estimate of drug-likeness (QED) is 0.845. The summed E-state index contributed by atoms with van der Waals surface area (Å²) in [6, 6.07) is 13.5. The SMILES string of the molecule is CN(Cc1ccccc1)c1ccc(S(=O)(=O)N2CCCC2)cn1. The van der Waals surface area contributed by atoms with Crippen molar-refractivity contribution in [3.8, 4) is 0 Å². The molecule has 0 N–H and O–H groups in total. The van der Waals surface area contributed by atoms with E-state index in [1.807, 2.05) is 30.1 Å². The van der Waals surface area contributed by atoms with E-state index >= 15 is 0 Å². The molecule has 0 bridgehead atoms. The monoisotopic (exact) mass is 331 g/mol. The fourth-order valence-corrected chi connectivity index (χ4v) is 4.23. The molecule has 1 aromatic carbocycles. The van der Waals surface area contributed by atoms with Gasteiger partial charge in [-0.25, -0.2) is 13.4 Å². The predicted octanol–water partition coefficient (Wildman–Crippen LogP) is 2.50. The Bertz CT molecular complexity index is 739. The van der Waals surface area contributed by atoms with Gasteiger partial charge in [-0.15, -0.1) is 0 Å². The summed E-state index contributed by atoms with van der Waals surface area (Å²) in [5.41, 5.74) is 1.19. The largest absolute Gasteiger partial charge is 0.355 e. The third-order valence-electron chi connectivity index (χ3n) is 4.08. The third kappa shape index (κ3) is 3.54. The van der Waals surface area contributed by atoms with Crippen LogP contribution in [-0.2, 0) is 16.6 Å². The number of nitrogens with zero attached hydrogens (tertiary/aromatic N) is 3. The number of sulfonamides is 1. The molecule has 1 saturated heterocycles. The predicted molar refractivity (Wildman–Crippen MR) is 90.8 cm³/mol. The molecule has 0 spiro atoms. The van der Waals surface area contributed by atoms with Gasteiger partial charge < -0.3 is 4.90 Å². The molecule has 1 aliphatic heterocycles. The van der Waals surface area contributed by atoms with Crippen molar-refractivity contribution in [1.82, 2.24) is 9.29 Å². The highest BCUT2D eigenvalue weighted by Gasteiger charge is 2.27. The van der Waals surface area contributed by atoms with Crippen molar-refractivity contribution >= 4 is 15.8 Å². The molecule has 2 aromatic rings. The molecule has 0 amide bonds. The van der Waals surface area contributed by atoms with Gasteiger partial charge in [-0.3, -0.25) is 0 Å². The number of pyridine rings is 1. The fourth-order valence-electron chi connectivity index (χ4n) is 2.77. The minimum atomic E-state index is -3.39. The van der Waals surface area contributed by atoms with Crippen molar-refractivity contribution in [2.75, 3.05) is 25.0 Å². The number of benzene rings is 1. The lowest BCUT2D eigenvalue weighted by Gasteiger charge is -2.19. The summed E-state index contributed by atoms with van der Waals surface area (Å²) >= 11 is 0. The van der Waals surface area contributed by atoms with Crippen LogP contribution in [0.1, 0.15) is 18.4 Å². The molecule has 23 heavy (non-hydrogen) atoms. The molecule has 3 rings (SSSR count). The second-order valence-corrected chi connectivity index (χ2v) is 7.74. The topological polar surface area (TPSA) is 53.5 Å². The van der Waals surface area contributed by atoms with E-state index in [0.29, 0.717) is 13.1 Å². The Kier molecular flexibility index (Phi) is 4.63. The smallest absolute Gasteiger partial charge is 0.244 e. The summed E-state index contributed by atoms with van der Waals surface area (Å²) in [7, 11) is -1.44. The molecule has 1 fully saturated rings. The van der Waals surface area contributed by atoms with Crippen LogP contribution in [0.2, 0.25) is 0 Å². The Balaban J connectivity index is 1.74. The van der Waals surface area contributed by atoms with Crippen LogP contribution in [-0.4, -0.2) is 37.8 Å². The molecule has 0 aliphatic carbocycles. The van der Waals surface area contributed by atoms with Crippen LogP contribution in [0.15, 0.2) is 53.6 Å². The van der Waals surface area contributed by atoms with Gasteiger partial charge in [0.25, 0.3) is 0 Å². The van der Waals surface area contributed by atoms with Gasteiger partial charge in [0.05, 0.1) is 0 Å². The second kappa shape index (κ2) is 6.68. The zero-order chi connectivity index (χ0) is 16.3. The lowest BCUT2D eigenvalue weighted by Crippen LogP contribution is -2.28. The molecule has 2 heterocycles. The number of hydrogen-bond acceptors (Lipinski definition) is 4. The van der Waals surface area contributed by atoms with Crippen LogP contribution in [0.4, 0.5) is 5.82 Å². The van der Waals surface area contributed by atoms with Crippen LogP contribution < -0.4 is 4.90 Å². The molecular formula is C17H21N3O2S. The Labute approximate surface area is 137 Å². The standard InChI is InChI=1S/C17H21N3O2S/c1-19(14-15-7-3-2-4-8-15)17-10-9-16(13-18-17)23(21,22)20-11-5-6-12-20/h2-4,7-10,13H,5-6,11-12,14H2,1H3. The summed E-state index contributed by atoms with van der Waals surface area (Å²) in [6.45, 7) is 1.95. The molecule has 0 saturated carbocycles. The normalized spacial score (nSPS) is 15.7. The van der Waals surface area contributed by atoms with Crippen molar-refractivity contribution in [1.29, 1.82) is 0 Å². The molecule has 0 unspecified atom stereocenters. The fraction of sp³-hybridized carbons (Fsp3) is 0.353. The van der Waals surface area contributed by atoms with Gasteiger partial charge >= 0.3 is 0 Å². The average molecular weight is 331 g/mol. The lowest BCUT2D eigenvalue weighted by atomic mass is 10.2. The maximum atomic E-state index is 12.5. The van der Waals surface area contributed by atoms with Crippen molar-refractivity contribution in [3.05, 3.63) is 54.2 Å². The maximum absolute atomic E-state index is 12.5. The highest BCUT2D eigenvalue weighted by atomic mass is 32.2. The first-order valence-corrected chi connectivity index (χ1v) is 9.23. The van der Waals surface area contributed by atoms with Crippen LogP contribution >= 0.6 is 0 Å². The first-order valence-electron chi connectivity index (χ1n) is 7.78. The minimum Gasteiger partial charge on any atom is -0.355 e. The van der Waals surface area contributed by atoms with Crippen molar-refractivity contribution < 1.29 is 8.42 Å². The van der Waals surface area contributed by atoms with Gasteiger partial charge in [0.15, 0.2) is 0 Å². The average Bonchev–Trinajstić information content (AvgIpc) is 3.11. The number of anilines is 1. The first kappa shape index (κ1) is 16.0. The van der Waals surface area contributed by atoms with Crippen molar-refractivity contribution in [3.63, 3.8) is 0 Å². The van der Waals surface area contributed by atoms with Gasteiger partial charge in [-0.1, -0.05) is 30.3 Å².